The number of carbonyl (C=O) groups is 2. The van der Waals surface area contributed by atoms with E-state index in [-0.39, 0.29) is 48.6 Å². The molecule has 6 aliphatic rings. The van der Waals surface area contributed by atoms with E-state index >= 15 is 0 Å². The molecule has 12 rings (SSSR count). The number of aliphatic hydroxyl groups excluding tert-OH is 1. The molecule has 5 aliphatic heterocycles. The highest BCUT2D eigenvalue weighted by Gasteiger charge is 2.45. The van der Waals surface area contributed by atoms with Crippen LogP contribution in [0, 0.1) is 18.8 Å². The van der Waals surface area contributed by atoms with Crippen LogP contribution in [-0.2, 0) is 20.9 Å². The van der Waals surface area contributed by atoms with E-state index in [0.29, 0.717) is 53.0 Å². The van der Waals surface area contributed by atoms with Crippen molar-refractivity contribution in [3.8, 4) is 27.4 Å². The van der Waals surface area contributed by atoms with Gasteiger partial charge in [-0.3, -0.25) is 19.2 Å². The normalized spacial score (nSPS) is 24.9. The molecule has 1 aliphatic carbocycles. The average molecular weight is 1110 g/mol. The Labute approximate surface area is 472 Å². The third-order valence-corrected chi connectivity index (χ3v) is 19.2. The van der Waals surface area contributed by atoms with E-state index < -0.39 is 18.1 Å². The Balaban J connectivity index is 0.560. The number of ether oxygens (including phenoxy) is 1. The lowest BCUT2D eigenvalue weighted by Gasteiger charge is -2.42. The number of rotatable bonds is 17. The predicted octanol–water partition coefficient (Wildman–Crippen LogP) is 7.58. The molecule has 2 amide bonds. The van der Waals surface area contributed by atoms with E-state index in [4.69, 9.17) is 20.1 Å². The third-order valence-electron chi connectivity index (χ3n) is 18.2. The molecule has 2 unspecified atom stereocenters. The lowest BCUT2D eigenvalue weighted by molar-refractivity contribution is -0.141. The number of thiazole rings is 1. The largest absolute Gasteiger partial charge is 0.507 e. The highest BCUT2D eigenvalue weighted by atomic mass is 32.1. The maximum absolute atomic E-state index is 14.4. The third kappa shape index (κ3) is 11.4. The number of piperazine rings is 1. The van der Waals surface area contributed by atoms with Gasteiger partial charge in [0, 0.05) is 101 Å². The van der Waals surface area contributed by atoms with Crippen molar-refractivity contribution >= 4 is 40.5 Å². The standard InChI is InChI=1S/C60H77N13O6S/c1-36(2)56(60(77)72-34-46(74)25-52(72)59(76)64-37(3)41-9-11-42(12-10-41)57-38(4)62-35-80-57)54-27-55(67-79-54)69-21-15-39(16-22-69)29-68-19-17-47(18-20-68)78-48-23-45(24-48)73-31-40(28-63-73)30-71-43-13-14-44(71)33-70(32-43)51-26-50(65-66-58(51)61)49-7-5-6-8-53(49)75/h5-12,26-28,31,35-37,39,43-48,52,56,74-75H,13-25,29-30,32-34H2,1-4H3,(H2,61,66)(H,64,76)/t37-,43?,44?,45-,46+,48-,52-,56+/m0/s1. The minimum atomic E-state index is -0.799. The van der Waals surface area contributed by atoms with Gasteiger partial charge in [0.05, 0.1) is 64.1 Å². The SMILES string of the molecule is Cc1ncsc1-c1ccc([C@H](C)NC(=O)[C@@H]2C[C@@H](O)CN2C(=O)[C@@H](c2cc(N3CCC(CN4CCC(O[C@H]5C[C@H](n6cc(CN7C8CCC7CN(c7cc(-c9ccccc9O)nnc7N)C8)cn6)C5)CC4)CC3)no2)C(C)C)cc1. The molecule has 6 aromatic rings. The number of hydrogen-bond acceptors (Lipinski definition) is 17. The zero-order valence-corrected chi connectivity index (χ0v) is 47.3. The summed E-state index contributed by atoms with van der Waals surface area (Å²) >= 11 is 1.60. The molecular formula is C60H77N13O6S. The van der Waals surface area contributed by atoms with Crippen LogP contribution in [0.2, 0.25) is 0 Å². The highest BCUT2D eigenvalue weighted by Crippen LogP contribution is 2.40. The molecule has 19 nitrogen and oxygen atoms in total. The number of phenolic OH excluding ortho intramolecular Hbond substituents is 1. The van der Waals surface area contributed by atoms with E-state index in [1.165, 1.54) is 5.56 Å². The molecule has 20 heteroatoms. The molecule has 6 fully saturated rings. The van der Waals surface area contributed by atoms with Crippen LogP contribution in [0.4, 0.5) is 17.3 Å². The van der Waals surface area contributed by atoms with Gasteiger partial charge < -0.3 is 50.1 Å². The Hall–Kier alpha value is -6.45. The number of nitrogens with two attached hydrogens (primary N) is 1. The molecule has 6 atom stereocenters. The summed E-state index contributed by atoms with van der Waals surface area (Å²) in [6.07, 6.45) is 12.8. The molecule has 5 saturated heterocycles. The zero-order chi connectivity index (χ0) is 55.2. The van der Waals surface area contributed by atoms with Gasteiger partial charge in [0.15, 0.2) is 17.4 Å². The molecule has 0 radical (unpaired) electrons. The summed E-state index contributed by atoms with van der Waals surface area (Å²) in [5.74, 6) is 1.14. The van der Waals surface area contributed by atoms with E-state index in [1.807, 2.05) is 81.7 Å². The molecule has 9 heterocycles. The number of nitrogens with zero attached hydrogens (tertiary/aromatic N) is 11. The van der Waals surface area contributed by atoms with Gasteiger partial charge >= 0.3 is 0 Å². The summed E-state index contributed by atoms with van der Waals surface area (Å²) in [7, 11) is 0. The Kier molecular flexibility index (Phi) is 15.7. The highest BCUT2D eigenvalue weighted by molar-refractivity contribution is 7.13. The number of carbonyl (C=O) groups excluding carboxylic acids is 2. The Bertz CT molecular complexity index is 3090. The number of β-amino-alcohol motifs (C(OH)–C–C–N with tert-alkyl or cyclic N) is 1. The fraction of sp³-hybridized carbons (Fsp3) is 0.550. The number of likely N-dealkylation sites (tertiary alicyclic amines) is 2. The first-order valence-electron chi connectivity index (χ1n) is 29.1. The van der Waals surface area contributed by atoms with E-state index in [2.05, 4.69) is 62.3 Å². The van der Waals surface area contributed by atoms with Crippen LogP contribution >= 0.6 is 11.3 Å². The van der Waals surface area contributed by atoms with Gasteiger partial charge in [-0.15, -0.1) is 21.5 Å². The summed E-state index contributed by atoms with van der Waals surface area (Å²) < 4.78 is 14.8. The fourth-order valence-corrected chi connectivity index (χ4v) is 14.4. The van der Waals surface area contributed by atoms with E-state index in [9.17, 15) is 19.8 Å². The number of nitrogens with one attached hydrogen (secondary N) is 1. The molecule has 1 saturated carbocycles. The second-order valence-electron chi connectivity index (χ2n) is 23.9. The van der Waals surface area contributed by atoms with E-state index in [1.54, 1.807) is 28.4 Å². The number of fused-ring (bicyclic) bond motifs is 2. The van der Waals surface area contributed by atoms with E-state index in [0.717, 1.165) is 137 Å². The fourth-order valence-electron chi connectivity index (χ4n) is 13.5. The molecule has 0 spiro atoms. The first-order valence-corrected chi connectivity index (χ1v) is 30.0. The molecule has 4 aromatic heterocycles. The molecule has 5 N–H and O–H groups in total. The van der Waals surface area contributed by atoms with Crippen molar-refractivity contribution in [2.45, 2.75) is 146 Å². The van der Waals surface area contributed by atoms with Gasteiger partial charge in [-0.2, -0.15) is 5.10 Å². The number of hydrogen-bond donors (Lipinski definition) is 4. The minimum Gasteiger partial charge on any atom is -0.507 e. The number of aromatic hydroxyl groups is 1. The maximum atomic E-state index is 14.4. The molecular weight excluding hydrogens is 1030 g/mol. The van der Waals surface area contributed by atoms with Crippen LogP contribution in [0.3, 0.4) is 0 Å². The Morgan fingerprint density at radius 3 is 2.34 bits per heavy atom. The predicted molar refractivity (Wildman–Crippen MR) is 307 cm³/mol. The van der Waals surface area contributed by atoms with Crippen LogP contribution < -0.4 is 20.9 Å². The van der Waals surface area contributed by atoms with Crippen LogP contribution in [0.15, 0.2) is 83.1 Å². The summed E-state index contributed by atoms with van der Waals surface area (Å²) in [5.41, 5.74) is 14.7. The number of piperidine rings is 2. The lowest BCUT2D eigenvalue weighted by Crippen LogP contribution is -2.53. The van der Waals surface area contributed by atoms with Gasteiger partial charge in [0.1, 0.15) is 17.7 Å². The number of anilines is 3. The van der Waals surface area contributed by atoms with Gasteiger partial charge in [-0.05, 0) is 106 Å². The summed E-state index contributed by atoms with van der Waals surface area (Å²) in [5, 5.41) is 42.3. The summed E-state index contributed by atoms with van der Waals surface area (Å²) in [6, 6.07) is 19.3. The quantitative estimate of drug-likeness (QED) is 0.0691. The van der Waals surface area contributed by atoms with Crippen molar-refractivity contribution in [2.24, 2.45) is 11.8 Å². The first-order chi connectivity index (χ1) is 38.8. The number of aromatic nitrogens is 6. The van der Waals surface area contributed by atoms with Gasteiger partial charge in [0.2, 0.25) is 11.8 Å². The molecule has 2 aromatic carbocycles. The van der Waals surface area contributed by atoms with Crippen LogP contribution in [0.5, 0.6) is 5.75 Å². The molecule has 2 bridgehead atoms. The topological polar surface area (TPSA) is 221 Å². The van der Waals surface area contributed by atoms with Gasteiger partial charge in [0.25, 0.3) is 0 Å². The van der Waals surface area contributed by atoms with Crippen molar-refractivity contribution < 1.29 is 29.1 Å². The first kappa shape index (κ1) is 54.2. The Morgan fingerprint density at radius 1 is 0.875 bits per heavy atom. The number of nitrogen functional groups attached to an aromatic ring is 1. The zero-order valence-electron chi connectivity index (χ0n) is 46.5. The Morgan fingerprint density at radius 2 is 1.62 bits per heavy atom. The smallest absolute Gasteiger partial charge is 0.243 e. The number of benzene rings is 2. The van der Waals surface area contributed by atoms with Gasteiger partial charge in [-0.25, -0.2) is 4.98 Å². The number of aryl methyl sites for hydroxylation is 1. The number of aliphatic hydroxyl groups is 1. The van der Waals surface area contributed by atoms with Crippen molar-refractivity contribution in [3.05, 3.63) is 101 Å². The number of amides is 2. The van der Waals surface area contributed by atoms with Gasteiger partial charge in [-0.1, -0.05) is 55.4 Å². The molecule has 80 heavy (non-hydrogen) atoms. The monoisotopic (exact) mass is 1110 g/mol. The van der Waals surface area contributed by atoms with Crippen molar-refractivity contribution in [2.75, 3.05) is 67.9 Å². The number of para-hydroxylation sites is 1. The van der Waals surface area contributed by atoms with Crippen molar-refractivity contribution in [1.29, 1.82) is 0 Å². The van der Waals surface area contributed by atoms with Crippen LogP contribution in [-0.4, -0.2) is 156 Å². The van der Waals surface area contributed by atoms with Crippen LogP contribution in [0.25, 0.3) is 21.7 Å². The second kappa shape index (κ2) is 23.2. The molecule has 424 valence electrons. The average Bonchev–Trinajstić information content (AvgIpc) is 4.33. The lowest BCUT2D eigenvalue weighted by atomic mass is 9.89. The second-order valence-corrected chi connectivity index (χ2v) is 24.8. The number of phenols is 1. The maximum Gasteiger partial charge on any atom is 0.243 e. The van der Waals surface area contributed by atoms with Crippen molar-refractivity contribution in [1.82, 2.24) is 50.1 Å². The van der Waals surface area contributed by atoms with Crippen molar-refractivity contribution in [3.63, 3.8) is 0 Å². The van der Waals surface area contributed by atoms with Crippen LogP contribution in [0.1, 0.15) is 119 Å². The minimum absolute atomic E-state index is 0.0885. The summed E-state index contributed by atoms with van der Waals surface area (Å²) in [4.78, 5) is 45.2. The summed E-state index contributed by atoms with van der Waals surface area (Å²) in [6.45, 7) is 15.5.